The first-order valence-electron chi connectivity index (χ1n) is 21.4. The fourth-order valence-corrected chi connectivity index (χ4v) is 9.74. The molecule has 0 atom stereocenters. The van der Waals surface area contributed by atoms with E-state index in [0.29, 0.717) is 0 Å². The molecule has 0 amide bonds. The monoisotopic (exact) mass is 787 g/mol. The minimum absolute atomic E-state index is 0.0180. The Bertz CT molecular complexity index is 2920. The molecule has 0 unspecified atom stereocenters. The second-order valence-electron chi connectivity index (χ2n) is 19.6. The van der Waals surface area contributed by atoms with Gasteiger partial charge in [0.1, 0.15) is 5.65 Å². The Morgan fingerprint density at radius 1 is 0.567 bits per heavy atom. The molecule has 8 aromatic rings. The molecule has 5 heteroatoms. The lowest BCUT2D eigenvalue weighted by atomic mass is 9.66. The van der Waals surface area contributed by atoms with Crippen LogP contribution in [0.15, 0.2) is 128 Å². The van der Waals surface area contributed by atoms with Crippen LogP contribution >= 0.6 is 0 Å². The highest BCUT2D eigenvalue weighted by molar-refractivity contribution is 5.87. The van der Waals surface area contributed by atoms with Crippen molar-refractivity contribution >= 4 is 5.65 Å². The summed E-state index contributed by atoms with van der Waals surface area (Å²) in [6.07, 6.45) is 4.36. The van der Waals surface area contributed by atoms with E-state index in [1.165, 1.54) is 55.6 Å². The molecular formula is C55H57N5. The van der Waals surface area contributed by atoms with Crippen LogP contribution in [0.1, 0.15) is 123 Å². The Morgan fingerprint density at radius 2 is 1.18 bits per heavy atom. The average molecular weight is 788 g/mol. The first-order valence-corrected chi connectivity index (χ1v) is 21.4. The van der Waals surface area contributed by atoms with Gasteiger partial charge in [-0.15, -0.1) is 0 Å². The van der Waals surface area contributed by atoms with E-state index in [-0.39, 0.29) is 10.8 Å². The molecular weight excluding hydrogens is 731 g/mol. The summed E-state index contributed by atoms with van der Waals surface area (Å²) in [4.78, 5) is 10.4. The molecule has 4 heterocycles. The minimum atomic E-state index is -0.689. The lowest BCUT2D eigenvalue weighted by Gasteiger charge is -2.37. The van der Waals surface area contributed by atoms with Crippen LogP contribution in [-0.2, 0) is 21.7 Å². The Labute approximate surface area is 356 Å². The number of nitrogens with zero attached hydrogens (tertiary/aromatic N) is 5. The summed E-state index contributed by atoms with van der Waals surface area (Å²) < 4.78 is 4.52. The average Bonchev–Trinajstić information content (AvgIpc) is 3.81. The van der Waals surface area contributed by atoms with Gasteiger partial charge < -0.3 is 4.40 Å². The third kappa shape index (κ3) is 5.99. The van der Waals surface area contributed by atoms with Gasteiger partial charge in [0.15, 0.2) is 0 Å². The maximum atomic E-state index is 5.30. The summed E-state index contributed by atoms with van der Waals surface area (Å²) in [5, 5.41) is 5.29. The minimum Gasteiger partial charge on any atom is -0.304 e. The van der Waals surface area contributed by atoms with E-state index >= 15 is 0 Å². The van der Waals surface area contributed by atoms with Crippen LogP contribution in [0, 0.1) is 27.7 Å². The molecule has 0 N–H and O–H groups in total. The lowest BCUT2D eigenvalue weighted by Crippen LogP contribution is -2.31. The predicted molar refractivity (Wildman–Crippen MR) is 248 cm³/mol. The molecule has 5 nitrogen and oxygen atoms in total. The third-order valence-electron chi connectivity index (χ3n) is 13.3. The summed E-state index contributed by atoms with van der Waals surface area (Å²) in [7, 11) is 0. The molecule has 60 heavy (non-hydrogen) atoms. The molecule has 0 fully saturated rings. The van der Waals surface area contributed by atoms with E-state index in [1.54, 1.807) is 0 Å². The number of aromatic nitrogens is 5. The van der Waals surface area contributed by atoms with Crippen molar-refractivity contribution < 1.29 is 0 Å². The Hall–Kier alpha value is -6.07. The summed E-state index contributed by atoms with van der Waals surface area (Å²) in [5.41, 5.74) is 19.5. The van der Waals surface area contributed by atoms with Gasteiger partial charge in [-0.3, -0.25) is 4.98 Å². The van der Waals surface area contributed by atoms with Crippen LogP contribution in [0.3, 0.4) is 0 Å². The van der Waals surface area contributed by atoms with Crippen molar-refractivity contribution in [1.82, 2.24) is 24.1 Å². The maximum Gasteiger partial charge on any atom is 0.141 e. The van der Waals surface area contributed by atoms with Crippen molar-refractivity contribution in [2.24, 2.45) is 0 Å². The Balaban J connectivity index is 1.41. The zero-order chi connectivity index (χ0) is 42.5. The molecule has 0 aliphatic heterocycles. The molecule has 1 aliphatic carbocycles. The normalized spacial score (nSPS) is 13.8. The number of pyridine rings is 2. The van der Waals surface area contributed by atoms with E-state index in [1.807, 2.05) is 6.20 Å². The summed E-state index contributed by atoms with van der Waals surface area (Å²) in [6, 6.07) is 42.9. The van der Waals surface area contributed by atoms with E-state index in [0.717, 1.165) is 45.4 Å². The Morgan fingerprint density at radius 3 is 1.82 bits per heavy atom. The van der Waals surface area contributed by atoms with Crippen molar-refractivity contribution in [3.63, 3.8) is 0 Å². The smallest absolute Gasteiger partial charge is 0.141 e. The molecule has 0 spiro atoms. The second kappa shape index (κ2) is 13.7. The zero-order valence-electron chi connectivity index (χ0n) is 37.4. The second-order valence-corrected chi connectivity index (χ2v) is 19.6. The van der Waals surface area contributed by atoms with E-state index in [4.69, 9.17) is 15.1 Å². The Kier molecular flexibility index (Phi) is 9.02. The van der Waals surface area contributed by atoms with Gasteiger partial charge in [0.05, 0.1) is 28.2 Å². The lowest BCUT2D eigenvalue weighted by molar-refractivity contribution is 0.573. The maximum absolute atomic E-state index is 5.30. The summed E-state index contributed by atoms with van der Waals surface area (Å²) >= 11 is 0. The third-order valence-corrected chi connectivity index (χ3v) is 13.3. The van der Waals surface area contributed by atoms with Crippen LogP contribution in [0.5, 0.6) is 0 Å². The van der Waals surface area contributed by atoms with Crippen LogP contribution in [0.2, 0.25) is 0 Å². The highest BCUT2D eigenvalue weighted by Crippen LogP contribution is 2.57. The molecule has 1 aliphatic rings. The number of hydrogen-bond acceptors (Lipinski definition) is 3. The first kappa shape index (κ1) is 39.4. The van der Waals surface area contributed by atoms with Gasteiger partial charge in [-0.1, -0.05) is 140 Å². The van der Waals surface area contributed by atoms with Crippen molar-refractivity contribution in [2.75, 3.05) is 0 Å². The van der Waals surface area contributed by atoms with Gasteiger partial charge in [-0.05, 0) is 119 Å². The SMILES string of the molecule is Cc1nn(-c2cc(C(C)(C)C)cc(C3(c4cc(C(C)(C)c5cc(C(C)(C)C)ccn5)c5nc(C)c(C)n5c4)c4ccccc4-c4ccccc43)c2)c(C)c1-c1ccccc1. The van der Waals surface area contributed by atoms with Crippen LogP contribution in [0.25, 0.3) is 33.6 Å². The highest BCUT2D eigenvalue weighted by Gasteiger charge is 2.48. The fourth-order valence-electron chi connectivity index (χ4n) is 9.74. The molecule has 302 valence electrons. The number of aryl methyl sites for hydroxylation is 3. The fraction of sp³-hybridized carbons (Fsp3) is 0.291. The standard InChI is InChI=1S/C55H57N5/c1-34-36(3)59-33-42(31-48(51(59)57-34)54(11,12)49-32-39(26-27-56-49)52(5,6)7)55(46-24-18-16-22-44(46)45-23-17-19-25-47(45)55)41-28-40(53(8,9)10)29-43(30-41)60-37(4)50(35(2)58-60)38-20-14-13-15-21-38/h13-33H,1-12H3. The molecule has 0 saturated heterocycles. The van der Waals surface area contributed by atoms with Crippen LogP contribution in [-0.4, -0.2) is 24.1 Å². The molecule has 4 aromatic carbocycles. The van der Waals surface area contributed by atoms with E-state index in [9.17, 15) is 0 Å². The summed E-state index contributed by atoms with van der Waals surface area (Å²) in [6.45, 7) is 27.1. The van der Waals surface area contributed by atoms with Gasteiger partial charge >= 0.3 is 0 Å². The van der Waals surface area contributed by atoms with Crippen molar-refractivity contribution in [3.8, 4) is 27.9 Å². The van der Waals surface area contributed by atoms with Gasteiger partial charge in [-0.25, -0.2) is 9.67 Å². The number of benzene rings is 4. The number of fused-ring (bicyclic) bond motifs is 4. The highest BCUT2D eigenvalue weighted by atomic mass is 15.3. The predicted octanol–water partition coefficient (Wildman–Crippen LogP) is 13.1. The van der Waals surface area contributed by atoms with Crippen LogP contribution in [0.4, 0.5) is 0 Å². The largest absolute Gasteiger partial charge is 0.304 e. The van der Waals surface area contributed by atoms with Crippen LogP contribution < -0.4 is 0 Å². The molecule has 9 rings (SSSR count). The van der Waals surface area contributed by atoms with E-state index in [2.05, 4.69) is 214 Å². The van der Waals surface area contributed by atoms with Gasteiger partial charge in [0.25, 0.3) is 0 Å². The zero-order valence-corrected chi connectivity index (χ0v) is 37.4. The topological polar surface area (TPSA) is 48.0 Å². The van der Waals surface area contributed by atoms with Gasteiger partial charge in [0, 0.05) is 40.3 Å². The van der Waals surface area contributed by atoms with Gasteiger partial charge in [0.2, 0.25) is 0 Å². The molecule has 4 aromatic heterocycles. The van der Waals surface area contributed by atoms with Gasteiger partial charge in [-0.2, -0.15) is 5.10 Å². The number of hydrogen-bond donors (Lipinski definition) is 0. The quantitative estimate of drug-likeness (QED) is 0.169. The first-order chi connectivity index (χ1) is 28.4. The van der Waals surface area contributed by atoms with Crippen molar-refractivity contribution in [3.05, 3.63) is 195 Å². The summed E-state index contributed by atoms with van der Waals surface area (Å²) in [5.74, 6) is 0. The molecule has 0 radical (unpaired) electrons. The molecule has 0 saturated carbocycles. The number of imidazole rings is 1. The number of rotatable bonds is 6. The van der Waals surface area contributed by atoms with Crippen molar-refractivity contribution in [2.45, 2.75) is 105 Å². The molecule has 0 bridgehead atoms. The van der Waals surface area contributed by atoms with Crippen molar-refractivity contribution in [1.29, 1.82) is 0 Å². The van der Waals surface area contributed by atoms with E-state index < -0.39 is 10.8 Å².